The van der Waals surface area contributed by atoms with Crippen molar-refractivity contribution in [1.82, 2.24) is 10.2 Å². The number of hydrogen-bond acceptors (Lipinski definition) is 2. The Kier molecular flexibility index (Phi) is 4.06. The summed E-state index contributed by atoms with van der Waals surface area (Å²) in [6.07, 6.45) is 4.76. The van der Waals surface area contributed by atoms with E-state index < -0.39 is 0 Å². The second-order valence-corrected chi connectivity index (χ2v) is 6.34. The Morgan fingerprint density at radius 3 is 2.65 bits per heavy atom. The molecule has 1 aromatic carbocycles. The number of nitrogens with one attached hydrogen (secondary N) is 1. The van der Waals surface area contributed by atoms with Gasteiger partial charge in [-0.1, -0.05) is 37.3 Å². The Hall–Kier alpha value is -1.35. The van der Waals surface area contributed by atoms with Crippen LogP contribution in [0.5, 0.6) is 0 Å². The summed E-state index contributed by atoms with van der Waals surface area (Å²) < 4.78 is 0. The van der Waals surface area contributed by atoms with E-state index in [0.717, 1.165) is 31.5 Å². The van der Waals surface area contributed by atoms with Crippen LogP contribution in [-0.2, 0) is 4.79 Å². The lowest BCUT2D eigenvalue weighted by Gasteiger charge is -2.36. The summed E-state index contributed by atoms with van der Waals surface area (Å²) in [6.45, 7) is 4.34. The van der Waals surface area contributed by atoms with Gasteiger partial charge in [0.2, 0.25) is 5.91 Å². The van der Waals surface area contributed by atoms with E-state index in [0.29, 0.717) is 12.0 Å². The van der Waals surface area contributed by atoms with E-state index in [4.69, 9.17) is 0 Å². The molecular formula is C17H24N2O. The van der Waals surface area contributed by atoms with E-state index in [2.05, 4.69) is 29.3 Å². The molecule has 2 atom stereocenters. The molecule has 0 unspecified atom stereocenters. The third kappa shape index (κ3) is 3.21. The number of carbonyl (C=O) groups excluding carboxylic acids is 1. The maximum atomic E-state index is 12.6. The normalized spacial score (nSPS) is 25.1. The highest BCUT2D eigenvalue weighted by atomic mass is 16.2. The van der Waals surface area contributed by atoms with E-state index in [9.17, 15) is 4.79 Å². The van der Waals surface area contributed by atoms with Gasteiger partial charge in [0.25, 0.3) is 0 Å². The predicted molar refractivity (Wildman–Crippen MR) is 80.3 cm³/mol. The van der Waals surface area contributed by atoms with Gasteiger partial charge in [0.1, 0.15) is 6.04 Å². The first kappa shape index (κ1) is 13.6. The van der Waals surface area contributed by atoms with Gasteiger partial charge in [-0.3, -0.25) is 9.69 Å². The summed E-state index contributed by atoms with van der Waals surface area (Å²) in [5.74, 6) is 0.872. The molecule has 1 saturated carbocycles. The van der Waals surface area contributed by atoms with Crippen LogP contribution in [0.4, 0.5) is 0 Å². The van der Waals surface area contributed by atoms with Crippen molar-refractivity contribution in [2.45, 2.75) is 44.7 Å². The lowest BCUT2D eigenvalue weighted by Crippen LogP contribution is -2.45. The third-order valence-electron chi connectivity index (χ3n) is 4.34. The fourth-order valence-electron chi connectivity index (χ4n) is 3.13. The second kappa shape index (κ2) is 5.96. The van der Waals surface area contributed by atoms with Gasteiger partial charge in [0, 0.05) is 12.6 Å². The number of benzene rings is 1. The molecule has 1 heterocycles. The van der Waals surface area contributed by atoms with Crippen LogP contribution >= 0.6 is 0 Å². The van der Waals surface area contributed by atoms with Gasteiger partial charge >= 0.3 is 0 Å². The molecule has 0 radical (unpaired) electrons. The van der Waals surface area contributed by atoms with Crippen LogP contribution < -0.4 is 5.32 Å². The molecule has 2 aliphatic rings. The Morgan fingerprint density at radius 1 is 1.25 bits per heavy atom. The van der Waals surface area contributed by atoms with E-state index in [1.807, 2.05) is 18.2 Å². The Bertz CT molecular complexity index is 455. The summed E-state index contributed by atoms with van der Waals surface area (Å²) in [7, 11) is 0. The van der Waals surface area contributed by atoms with Crippen LogP contribution in [0.3, 0.4) is 0 Å². The summed E-state index contributed by atoms with van der Waals surface area (Å²) in [5.41, 5.74) is 1.12. The van der Waals surface area contributed by atoms with Gasteiger partial charge in [-0.15, -0.1) is 0 Å². The van der Waals surface area contributed by atoms with Crippen LogP contribution in [0, 0.1) is 5.92 Å². The van der Waals surface area contributed by atoms with Crippen LogP contribution in [0.1, 0.15) is 44.2 Å². The molecule has 3 heteroatoms. The zero-order chi connectivity index (χ0) is 13.9. The second-order valence-electron chi connectivity index (χ2n) is 6.34. The largest absolute Gasteiger partial charge is 0.352 e. The van der Waals surface area contributed by atoms with Gasteiger partial charge < -0.3 is 5.32 Å². The van der Waals surface area contributed by atoms with Gasteiger partial charge in [0.15, 0.2) is 0 Å². The van der Waals surface area contributed by atoms with Gasteiger partial charge in [-0.2, -0.15) is 0 Å². The molecule has 3 rings (SSSR count). The molecule has 3 nitrogen and oxygen atoms in total. The Morgan fingerprint density at radius 2 is 2.00 bits per heavy atom. The van der Waals surface area contributed by atoms with Gasteiger partial charge in [-0.25, -0.2) is 0 Å². The van der Waals surface area contributed by atoms with E-state index >= 15 is 0 Å². The number of nitrogens with zero attached hydrogens (tertiary/aromatic N) is 1. The van der Waals surface area contributed by atoms with Crippen LogP contribution in [0.2, 0.25) is 0 Å². The van der Waals surface area contributed by atoms with Gasteiger partial charge in [0.05, 0.1) is 0 Å². The van der Waals surface area contributed by atoms with E-state index in [1.54, 1.807) is 0 Å². The smallest absolute Gasteiger partial charge is 0.242 e. The molecule has 108 valence electrons. The summed E-state index contributed by atoms with van der Waals surface area (Å²) in [4.78, 5) is 15.0. The molecule has 1 saturated heterocycles. The molecule has 1 aliphatic carbocycles. The molecular weight excluding hydrogens is 248 g/mol. The van der Waals surface area contributed by atoms with Crippen molar-refractivity contribution < 1.29 is 4.79 Å². The average molecular weight is 272 g/mol. The van der Waals surface area contributed by atoms with Crippen molar-refractivity contribution in [3.05, 3.63) is 35.9 Å². The Labute approximate surface area is 121 Å². The van der Waals surface area contributed by atoms with Crippen molar-refractivity contribution in [3.63, 3.8) is 0 Å². The number of rotatable bonds is 4. The molecule has 0 bridgehead atoms. The lowest BCUT2D eigenvalue weighted by molar-refractivity contribution is -0.127. The maximum absolute atomic E-state index is 12.6. The number of hydrogen-bond donors (Lipinski definition) is 1. The minimum Gasteiger partial charge on any atom is -0.352 e. The molecule has 20 heavy (non-hydrogen) atoms. The fourth-order valence-corrected chi connectivity index (χ4v) is 3.13. The first-order valence-corrected chi connectivity index (χ1v) is 7.83. The molecule has 0 spiro atoms. The zero-order valence-electron chi connectivity index (χ0n) is 12.2. The van der Waals surface area contributed by atoms with Crippen LogP contribution in [0.15, 0.2) is 30.3 Å². The molecule has 1 aliphatic heterocycles. The molecule has 1 aromatic rings. The summed E-state index contributed by atoms with van der Waals surface area (Å²) in [5, 5.41) is 3.18. The SMILES string of the molecule is C[C@H]1CCCN([C@H](C(=O)NC2CC2)c2ccccc2)C1. The zero-order valence-corrected chi connectivity index (χ0v) is 12.2. The van der Waals surface area contributed by atoms with Crippen molar-refractivity contribution in [2.75, 3.05) is 13.1 Å². The number of likely N-dealkylation sites (tertiary alicyclic amines) is 1. The monoisotopic (exact) mass is 272 g/mol. The van der Waals surface area contributed by atoms with Crippen molar-refractivity contribution >= 4 is 5.91 Å². The first-order valence-electron chi connectivity index (χ1n) is 7.83. The highest BCUT2D eigenvalue weighted by Crippen LogP contribution is 2.28. The highest BCUT2D eigenvalue weighted by molar-refractivity contribution is 5.83. The van der Waals surface area contributed by atoms with E-state index in [-0.39, 0.29) is 11.9 Å². The minimum atomic E-state index is -0.112. The lowest BCUT2D eigenvalue weighted by atomic mass is 9.95. The fraction of sp³-hybridized carbons (Fsp3) is 0.588. The molecule has 1 amide bonds. The number of carbonyl (C=O) groups is 1. The minimum absolute atomic E-state index is 0.112. The Balaban J connectivity index is 1.80. The van der Waals surface area contributed by atoms with Crippen LogP contribution in [0.25, 0.3) is 0 Å². The van der Waals surface area contributed by atoms with Crippen molar-refractivity contribution in [3.8, 4) is 0 Å². The standard InChI is InChI=1S/C17H24N2O/c1-13-6-5-11-19(12-13)16(14-7-3-2-4-8-14)17(20)18-15-9-10-15/h2-4,7-8,13,15-16H,5-6,9-12H2,1H3,(H,18,20)/t13-,16-/m0/s1. The van der Waals surface area contributed by atoms with E-state index in [1.165, 1.54) is 12.8 Å². The highest BCUT2D eigenvalue weighted by Gasteiger charge is 2.33. The maximum Gasteiger partial charge on any atom is 0.242 e. The topological polar surface area (TPSA) is 32.3 Å². The van der Waals surface area contributed by atoms with Gasteiger partial charge in [-0.05, 0) is 43.7 Å². The third-order valence-corrected chi connectivity index (χ3v) is 4.34. The number of amides is 1. The summed E-state index contributed by atoms with van der Waals surface area (Å²) >= 11 is 0. The molecule has 2 fully saturated rings. The average Bonchev–Trinajstić information content (AvgIpc) is 3.24. The molecule has 1 N–H and O–H groups in total. The van der Waals surface area contributed by atoms with Crippen molar-refractivity contribution in [1.29, 1.82) is 0 Å². The predicted octanol–water partition coefficient (Wildman–Crippen LogP) is 2.74. The quantitative estimate of drug-likeness (QED) is 0.914. The molecule has 0 aromatic heterocycles. The summed E-state index contributed by atoms with van der Waals surface area (Å²) in [6, 6.07) is 10.5. The van der Waals surface area contributed by atoms with Crippen LogP contribution in [-0.4, -0.2) is 29.9 Å². The van der Waals surface area contributed by atoms with Crippen molar-refractivity contribution in [2.24, 2.45) is 5.92 Å². The first-order chi connectivity index (χ1) is 9.74. The number of piperidine rings is 1.